The SMILES string of the molecule is Cc1ncc2c(n1)C1(CCCN(C(=O)c3cc(-c4cnn(C)c4C)on3)C1)CC2. The monoisotopic (exact) mass is 392 g/mol. The summed E-state index contributed by atoms with van der Waals surface area (Å²) in [6, 6.07) is 1.72. The average Bonchev–Trinajstić information content (AvgIpc) is 3.42. The lowest BCUT2D eigenvalue weighted by atomic mass is 9.77. The summed E-state index contributed by atoms with van der Waals surface area (Å²) in [5, 5.41) is 8.30. The molecule has 3 aromatic heterocycles. The second-order valence-corrected chi connectivity index (χ2v) is 8.25. The summed E-state index contributed by atoms with van der Waals surface area (Å²) in [5.41, 5.74) is 4.46. The van der Waals surface area contributed by atoms with E-state index in [1.54, 1.807) is 16.9 Å². The van der Waals surface area contributed by atoms with Crippen LogP contribution in [-0.2, 0) is 18.9 Å². The van der Waals surface area contributed by atoms with Crippen LogP contribution in [0, 0.1) is 13.8 Å². The number of hydrogen-bond donors (Lipinski definition) is 0. The number of likely N-dealkylation sites (tertiary alicyclic amines) is 1. The third kappa shape index (κ3) is 2.85. The highest BCUT2D eigenvalue weighted by molar-refractivity contribution is 5.93. The summed E-state index contributed by atoms with van der Waals surface area (Å²) in [4.78, 5) is 24.2. The molecule has 0 aromatic carbocycles. The van der Waals surface area contributed by atoms with E-state index in [0.29, 0.717) is 18.0 Å². The summed E-state index contributed by atoms with van der Waals surface area (Å²) in [5.74, 6) is 1.28. The molecule has 1 amide bonds. The molecule has 8 nitrogen and oxygen atoms in total. The third-order valence-corrected chi connectivity index (χ3v) is 6.45. The molecule has 1 aliphatic heterocycles. The number of fused-ring (bicyclic) bond motifs is 2. The van der Waals surface area contributed by atoms with Gasteiger partial charge in [0.15, 0.2) is 11.5 Å². The first-order chi connectivity index (χ1) is 14.0. The van der Waals surface area contributed by atoms with E-state index in [1.165, 1.54) is 5.56 Å². The van der Waals surface area contributed by atoms with E-state index in [-0.39, 0.29) is 11.3 Å². The number of aryl methyl sites for hydroxylation is 3. The molecule has 0 N–H and O–H groups in total. The van der Waals surface area contributed by atoms with Gasteiger partial charge in [0.2, 0.25) is 0 Å². The van der Waals surface area contributed by atoms with Gasteiger partial charge >= 0.3 is 0 Å². The average molecular weight is 392 g/mol. The van der Waals surface area contributed by atoms with Crippen LogP contribution in [0.1, 0.15) is 52.5 Å². The molecule has 0 radical (unpaired) electrons. The maximum Gasteiger partial charge on any atom is 0.276 e. The van der Waals surface area contributed by atoms with Gasteiger partial charge in [-0.1, -0.05) is 5.16 Å². The van der Waals surface area contributed by atoms with Crippen molar-refractivity contribution in [3.8, 4) is 11.3 Å². The van der Waals surface area contributed by atoms with Crippen molar-refractivity contribution in [2.45, 2.75) is 44.9 Å². The number of aromatic nitrogens is 5. The molecule has 0 bridgehead atoms. The molecule has 8 heteroatoms. The van der Waals surface area contributed by atoms with Crippen molar-refractivity contribution in [1.82, 2.24) is 29.8 Å². The first-order valence-electron chi connectivity index (χ1n) is 10.0. The van der Waals surface area contributed by atoms with Gasteiger partial charge in [-0.2, -0.15) is 5.10 Å². The summed E-state index contributed by atoms with van der Waals surface area (Å²) in [6.07, 6.45) is 7.69. The van der Waals surface area contributed by atoms with Gasteiger partial charge in [0.1, 0.15) is 5.82 Å². The smallest absolute Gasteiger partial charge is 0.276 e. The number of rotatable bonds is 2. The van der Waals surface area contributed by atoms with Crippen LogP contribution in [0.4, 0.5) is 0 Å². The Kier molecular flexibility index (Phi) is 4.04. The maximum absolute atomic E-state index is 13.2. The predicted molar refractivity (Wildman–Crippen MR) is 105 cm³/mol. The zero-order valence-electron chi connectivity index (χ0n) is 17.0. The van der Waals surface area contributed by atoms with E-state index in [2.05, 4.69) is 15.2 Å². The number of piperidine rings is 1. The van der Waals surface area contributed by atoms with Crippen molar-refractivity contribution in [3.63, 3.8) is 0 Å². The Morgan fingerprint density at radius 2 is 2.10 bits per heavy atom. The van der Waals surface area contributed by atoms with Gasteiger partial charge < -0.3 is 9.42 Å². The molecule has 4 heterocycles. The van der Waals surface area contributed by atoms with Gasteiger partial charge in [0, 0.05) is 43.5 Å². The van der Waals surface area contributed by atoms with E-state index >= 15 is 0 Å². The van der Waals surface area contributed by atoms with Crippen LogP contribution < -0.4 is 0 Å². The zero-order chi connectivity index (χ0) is 20.2. The first kappa shape index (κ1) is 18.0. The molecular formula is C21H24N6O2. The largest absolute Gasteiger partial charge is 0.355 e. The van der Waals surface area contributed by atoms with Crippen LogP contribution >= 0.6 is 0 Å². The summed E-state index contributed by atoms with van der Waals surface area (Å²) in [6.45, 7) is 5.29. The lowest BCUT2D eigenvalue weighted by Crippen LogP contribution is -2.48. The molecule has 1 atom stereocenters. The molecule has 1 aliphatic carbocycles. The van der Waals surface area contributed by atoms with Crippen molar-refractivity contribution >= 4 is 5.91 Å². The van der Waals surface area contributed by atoms with Gasteiger partial charge in [-0.3, -0.25) is 9.48 Å². The van der Waals surface area contributed by atoms with Crippen LogP contribution in [-0.4, -0.2) is 48.8 Å². The van der Waals surface area contributed by atoms with Crippen LogP contribution in [0.3, 0.4) is 0 Å². The van der Waals surface area contributed by atoms with Crippen LogP contribution in [0.15, 0.2) is 23.0 Å². The van der Waals surface area contributed by atoms with Gasteiger partial charge in [0.05, 0.1) is 17.5 Å². The highest BCUT2D eigenvalue weighted by atomic mass is 16.5. The van der Waals surface area contributed by atoms with E-state index in [1.807, 2.05) is 32.0 Å². The molecule has 1 fully saturated rings. The molecule has 2 aliphatic rings. The minimum absolute atomic E-state index is 0.0660. The summed E-state index contributed by atoms with van der Waals surface area (Å²) >= 11 is 0. The van der Waals surface area contributed by atoms with Crippen molar-refractivity contribution in [1.29, 1.82) is 0 Å². The fourth-order valence-corrected chi connectivity index (χ4v) is 4.74. The van der Waals surface area contributed by atoms with Crippen molar-refractivity contribution in [3.05, 3.63) is 46.9 Å². The zero-order valence-corrected chi connectivity index (χ0v) is 17.0. The van der Waals surface area contributed by atoms with Crippen molar-refractivity contribution in [2.75, 3.05) is 13.1 Å². The van der Waals surface area contributed by atoms with E-state index in [0.717, 1.165) is 55.0 Å². The molecule has 1 spiro atoms. The minimum Gasteiger partial charge on any atom is -0.355 e. The topological polar surface area (TPSA) is 89.9 Å². The Bertz CT molecular complexity index is 1100. The summed E-state index contributed by atoms with van der Waals surface area (Å²) in [7, 11) is 1.87. The summed E-state index contributed by atoms with van der Waals surface area (Å²) < 4.78 is 7.25. The number of amides is 1. The maximum atomic E-state index is 13.2. The molecular weight excluding hydrogens is 368 g/mol. The number of nitrogens with zero attached hydrogens (tertiary/aromatic N) is 6. The number of carbonyl (C=O) groups excluding carboxylic acids is 1. The second kappa shape index (κ2) is 6.50. The Hall–Kier alpha value is -3.03. The molecule has 0 saturated carbocycles. The van der Waals surface area contributed by atoms with Crippen LogP contribution in [0.2, 0.25) is 0 Å². The highest BCUT2D eigenvalue weighted by Gasteiger charge is 2.45. The Balaban J connectivity index is 1.41. The first-order valence-corrected chi connectivity index (χ1v) is 10.0. The molecule has 5 rings (SSSR count). The molecule has 150 valence electrons. The number of hydrogen-bond acceptors (Lipinski definition) is 6. The van der Waals surface area contributed by atoms with E-state index in [9.17, 15) is 4.79 Å². The Morgan fingerprint density at radius 1 is 1.24 bits per heavy atom. The molecule has 29 heavy (non-hydrogen) atoms. The van der Waals surface area contributed by atoms with Gasteiger partial charge in [0.25, 0.3) is 5.91 Å². The minimum atomic E-state index is -0.0835. The molecule has 1 unspecified atom stereocenters. The quantitative estimate of drug-likeness (QED) is 0.666. The number of carbonyl (C=O) groups is 1. The van der Waals surface area contributed by atoms with Crippen LogP contribution in [0.5, 0.6) is 0 Å². The fraction of sp³-hybridized carbons (Fsp3) is 0.476. The highest BCUT2D eigenvalue weighted by Crippen LogP contribution is 2.44. The third-order valence-electron chi connectivity index (χ3n) is 6.45. The van der Waals surface area contributed by atoms with E-state index in [4.69, 9.17) is 9.51 Å². The second-order valence-electron chi connectivity index (χ2n) is 8.25. The van der Waals surface area contributed by atoms with Gasteiger partial charge in [-0.15, -0.1) is 0 Å². The van der Waals surface area contributed by atoms with Gasteiger partial charge in [-0.05, 0) is 45.1 Å². The fourth-order valence-electron chi connectivity index (χ4n) is 4.74. The standard InChI is InChI=1S/C21H24N6O2/c1-13-16(11-23-26(13)3)18-9-17(25-29-18)20(28)27-8-4-6-21(12-27)7-5-15-10-22-14(2)24-19(15)21/h9-11H,4-8,12H2,1-3H3. The van der Waals surface area contributed by atoms with Gasteiger partial charge in [-0.25, -0.2) is 9.97 Å². The Labute approximate surface area is 168 Å². The van der Waals surface area contributed by atoms with Crippen molar-refractivity contribution < 1.29 is 9.32 Å². The van der Waals surface area contributed by atoms with Crippen LogP contribution in [0.25, 0.3) is 11.3 Å². The van der Waals surface area contributed by atoms with E-state index < -0.39 is 0 Å². The Morgan fingerprint density at radius 3 is 2.90 bits per heavy atom. The normalized spacial score (nSPS) is 21.0. The molecule has 1 saturated heterocycles. The lowest BCUT2D eigenvalue weighted by molar-refractivity contribution is 0.0623. The predicted octanol–water partition coefficient (Wildman–Crippen LogP) is 2.60. The lowest BCUT2D eigenvalue weighted by Gasteiger charge is -2.40. The molecule has 3 aromatic rings. The van der Waals surface area contributed by atoms with Crippen molar-refractivity contribution in [2.24, 2.45) is 7.05 Å².